The van der Waals surface area contributed by atoms with Crippen LogP contribution in [0.3, 0.4) is 0 Å². The third kappa shape index (κ3) is 6.00. The number of nitrogens with zero attached hydrogens (tertiary/aromatic N) is 3. The highest BCUT2D eigenvalue weighted by atomic mass is 35.5. The molecule has 6 nitrogen and oxygen atoms in total. The fourth-order valence-electron chi connectivity index (χ4n) is 3.55. The van der Waals surface area contributed by atoms with Crippen molar-refractivity contribution in [3.8, 4) is 5.75 Å². The Morgan fingerprint density at radius 2 is 1.81 bits per heavy atom. The summed E-state index contributed by atoms with van der Waals surface area (Å²) in [6.45, 7) is 3.40. The van der Waals surface area contributed by atoms with Crippen LogP contribution in [0.15, 0.2) is 54.7 Å². The van der Waals surface area contributed by atoms with E-state index in [2.05, 4.69) is 27.4 Å². The van der Waals surface area contributed by atoms with Gasteiger partial charge in [0.05, 0.1) is 5.02 Å². The molecule has 0 unspecified atom stereocenters. The molecule has 162 valence electrons. The summed E-state index contributed by atoms with van der Waals surface area (Å²) in [7, 11) is 0. The van der Waals surface area contributed by atoms with E-state index in [4.69, 9.17) is 27.9 Å². The molecule has 1 aliphatic heterocycles. The number of piperidine rings is 1. The number of hydrogen-bond acceptors (Lipinski definition) is 4. The molecule has 4 rings (SSSR count). The van der Waals surface area contributed by atoms with Gasteiger partial charge in [0, 0.05) is 23.5 Å². The van der Waals surface area contributed by atoms with Crippen molar-refractivity contribution in [3.63, 3.8) is 0 Å². The summed E-state index contributed by atoms with van der Waals surface area (Å²) in [5, 5.41) is 8.11. The number of aromatic nitrogens is 2. The van der Waals surface area contributed by atoms with Crippen molar-refractivity contribution < 1.29 is 9.53 Å². The second kappa shape index (κ2) is 10.2. The van der Waals surface area contributed by atoms with E-state index in [0.29, 0.717) is 21.5 Å². The highest BCUT2D eigenvalue weighted by Crippen LogP contribution is 2.27. The van der Waals surface area contributed by atoms with Crippen molar-refractivity contribution in [1.29, 1.82) is 0 Å². The van der Waals surface area contributed by atoms with Gasteiger partial charge in [0.2, 0.25) is 0 Å². The molecule has 0 aliphatic carbocycles. The molecule has 2 aromatic carbocycles. The lowest BCUT2D eigenvalue weighted by molar-refractivity contribution is 0.102. The molecule has 1 aliphatic rings. The lowest BCUT2D eigenvalue weighted by atomic mass is 10.1. The molecular weight excluding hydrogens is 435 g/mol. The Kier molecular flexibility index (Phi) is 7.12. The maximum absolute atomic E-state index is 12.5. The van der Waals surface area contributed by atoms with Crippen LogP contribution >= 0.6 is 23.2 Å². The van der Waals surface area contributed by atoms with Crippen LogP contribution in [-0.2, 0) is 13.3 Å². The smallest absolute Gasteiger partial charge is 0.276 e. The zero-order valence-electron chi connectivity index (χ0n) is 17.1. The van der Waals surface area contributed by atoms with E-state index < -0.39 is 0 Å². The van der Waals surface area contributed by atoms with Crippen molar-refractivity contribution in [2.45, 2.75) is 32.5 Å². The molecule has 1 amide bonds. The molecule has 31 heavy (non-hydrogen) atoms. The van der Waals surface area contributed by atoms with Gasteiger partial charge in [0.25, 0.3) is 5.91 Å². The summed E-state index contributed by atoms with van der Waals surface area (Å²) >= 11 is 12.0. The number of carbonyl (C=O) groups is 1. The Balaban J connectivity index is 1.30. The number of likely N-dealkylation sites (tertiary alicyclic amines) is 1. The van der Waals surface area contributed by atoms with Crippen molar-refractivity contribution in [3.05, 3.63) is 76.0 Å². The molecule has 0 saturated carbocycles. The van der Waals surface area contributed by atoms with Crippen LogP contribution in [-0.4, -0.2) is 33.7 Å². The van der Waals surface area contributed by atoms with Gasteiger partial charge in [-0.3, -0.25) is 9.69 Å². The normalized spacial score (nSPS) is 14.4. The van der Waals surface area contributed by atoms with E-state index in [1.165, 1.54) is 29.5 Å². The third-order valence-corrected chi connectivity index (χ3v) is 5.72. The topological polar surface area (TPSA) is 59.4 Å². The van der Waals surface area contributed by atoms with Gasteiger partial charge in [0.1, 0.15) is 5.75 Å². The number of rotatable bonds is 7. The molecule has 0 spiro atoms. The van der Waals surface area contributed by atoms with Crippen molar-refractivity contribution in [1.82, 2.24) is 14.7 Å². The summed E-state index contributed by atoms with van der Waals surface area (Å²) < 4.78 is 7.17. The van der Waals surface area contributed by atoms with E-state index in [-0.39, 0.29) is 12.6 Å². The molecule has 0 bridgehead atoms. The number of halogens is 2. The molecule has 0 atom stereocenters. The highest BCUT2D eigenvalue weighted by molar-refractivity contribution is 6.35. The van der Waals surface area contributed by atoms with Gasteiger partial charge in [-0.1, -0.05) is 41.8 Å². The zero-order valence-corrected chi connectivity index (χ0v) is 18.6. The number of carbonyl (C=O) groups excluding carboxylic acids is 1. The minimum atomic E-state index is -0.271. The first-order chi connectivity index (χ1) is 15.1. The number of ether oxygens (including phenoxy) is 1. The largest absolute Gasteiger partial charge is 0.470 e. The van der Waals surface area contributed by atoms with Crippen LogP contribution in [0.2, 0.25) is 10.0 Å². The molecule has 8 heteroatoms. The van der Waals surface area contributed by atoms with Crippen molar-refractivity contribution in [2.24, 2.45) is 0 Å². The minimum absolute atomic E-state index is 0.125. The molecule has 1 fully saturated rings. The second-order valence-corrected chi connectivity index (χ2v) is 8.42. The Bertz CT molecular complexity index is 1030. The molecule has 1 N–H and O–H groups in total. The fourth-order valence-corrected chi connectivity index (χ4v) is 4.01. The lowest BCUT2D eigenvalue weighted by Gasteiger charge is -2.26. The van der Waals surface area contributed by atoms with Crippen LogP contribution in [0.1, 0.15) is 35.3 Å². The summed E-state index contributed by atoms with van der Waals surface area (Å²) in [6.07, 6.45) is 5.57. The van der Waals surface area contributed by atoms with E-state index in [9.17, 15) is 4.79 Å². The van der Waals surface area contributed by atoms with Gasteiger partial charge in [-0.05, 0) is 67.9 Å². The van der Waals surface area contributed by atoms with E-state index in [0.717, 1.165) is 25.3 Å². The minimum Gasteiger partial charge on any atom is -0.470 e. The van der Waals surface area contributed by atoms with Crippen molar-refractivity contribution in [2.75, 3.05) is 18.4 Å². The molecule has 1 saturated heterocycles. The summed E-state index contributed by atoms with van der Waals surface area (Å²) in [4.78, 5) is 15.0. The van der Waals surface area contributed by atoms with E-state index >= 15 is 0 Å². The fraction of sp³-hybridized carbons (Fsp3) is 0.304. The number of benzene rings is 2. The number of anilines is 1. The summed E-state index contributed by atoms with van der Waals surface area (Å²) in [5.74, 6) is 0.226. The molecule has 3 aromatic rings. The van der Waals surface area contributed by atoms with Gasteiger partial charge in [-0.25, -0.2) is 4.68 Å². The van der Waals surface area contributed by atoms with Crippen molar-refractivity contribution >= 4 is 34.8 Å². The van der Waals surface area contributed by atoms with Crippen LogP contribution in [0.4, 0.5) is 5.69 Å². The average molecular weight is 459 g/mol. The van der Waals surface area contributed by atoms with Gasteiger partial charge >= 0.3 is 0 Å². The SMILES string of the molecule is O=C(Nc1ccc(CN2CCCCC2)cc1)c1ccn(COc2ccc(Cl)cc2Cl)n1. The monoisotopic (exact) mass is 458 g/mol. The zero-order chi connectivity index (χ0) is 21.6. The first-order valence-electron chi connectivity index (χ1n) is 10.3. The summed E-state index contributed by atoms with van der Waals surface area (Å²) in [6, 6.07) is 14.6. The Labute approximate surface area is 191 Å². The average Bonchev–Trinajstić information content (AvgIpc) is 3.25. The first-order valence-corrected chi connectivity index (χ1v) is 11.1. The lowest BCUT2D eigenvalue weighted by Crippen LogP contribution is -2.29. The summed E-state index contributed by atoms with van der Waals surface area (Å²) in [5.41, 5.74) is 2.30. The predicted octanol–water partition coefficient (Wildman–Crippen LogP) is 5.46. The Morgan fingerprint density at radius 1 is 1.03 bits per heavy atom. The molecule has 1 aromatic heterocycles. The Morgan fingerprint density at radius 3 is 2.55 bits per heavy atom. The van der Waals surface area contributed by atoms with E-state index in [1.54, 1.807) is 30.5 Å². The van der Waals surface area contributed by atoms with Gasteiger partial charge in [-0.2, -0.15) is 5.10 Å². The quantitative estimate of drug-likeness (QED) is 0.510. The highest BCUT2D eigenvalue weighted by Gasteiger charge is 2.12. The molecular formula is C23H24Cl2N4O2. The number of amides is 1. The van der Waals surface area contributed by atoms with Gasteiger partial charge in [0.15, 0.2) is 12.4 Å². The third-order valence-electron chi connectivity index (χ3n) is 5.19. The van der Waals surface area contributed by atoms with Gasteiger partial charge in [-0.15, -0.1) is 0 Å². The van der Waals surface area contributed by atoms with Gasteiger partial charge < -0.3 is 10.1 Å². The van der Waals surface area contributed by atoms with Crippen LogP contribution in [0.5, 0.6) is 5.75 Å². The maximum Gasteiger partial charge on any atom is 0.276 e. The number of nitrogens with one attached hydrogen (secondary N) is 1. The van der Waals surface area contributed by atoms with Crippen LogP contribution < -0.4 is 10.1 Å². The van der Waals surface area contributed by atoms with Crippen LogP contribution in [0.25, 0.3) is 0 Å². The maximum atomic E-state index is 12.5. The second-order valence-electron chi connectivity index (χ2n) is 7.58. The number of hydrogen-bond donors (Lipinski definition) is 1. The Hall–Kier alpha value is -2.54. The standard InChI is InChI=1S/C23H24Cl2N4O2/c24-18-6-9-22(20(25)14-18)31-16-29-13-10-21(27-29)23(30)26-19-7-4-17(5-8-19)15-28-11-2-1-3-12-28/h4-10,13-14H,1-3,11-12,15-16H2,(H,26,30). The predicted molar refractivity (Wildman–Crippen MR) is 123 cm³/mol. The van der Waals surface area contributed by atoms with Crippen LogP contribution in [0, 0.1) is 0 Å². The first kappa shape index (κ1) is 21.7. The molecule has 2 heterocycles. The van der Waals surface area contributed by atoms with E-state index in [1.807, 2.05) is 12.1 Å². The molecule has 0 radical (unpaired) electrons.